The minimum absolute atomic E-state index is 0.0290. The number of benzene rings is 1. The topological polar surface area (TPSA) is 204 Å². The summed E-state index contributed by atoms with van der Waals surface area (Å²) in [4.78, 5) is 63.6. The molecule has 2 aromatic rings. The third kappa shape index (κ3) is 8.27. The third-order valence-electron chi connectivity index (χ3n) is 5.44. The molecule has 0 aliphatic carbocycles. The van der Waals surface area contributed by atoms with E-state index in [4.69, 9.17) is 10.8 Å². The van der Waals surface area contributed by atoms with Gasteiger partial charge in [0.2, 0.25) is 17.7 Å². The molecular formula is C23H31N5O7S. The van der Waals surface area contributed by atoms with Crippen LogP contribution in [0.1, 0.15) is 25.3 Å². The largest absolute Gasteiger partial charge is 0.481 e. The van der Waals surface area contributed by atoms with Crippen LogP contribution in [0.3, 0.4) is 0 Å². The first-order chi connectivity index (χ1) is 17.0. The Labute approximate surface area is 211 Å². The van der Waals surface area contributed by atoms with E-state index in [-0.39, 0.29) is 12.8 Å². The maximum atomic E-state index is 13.1. The van der Waals surface area contributed by atoms with Crippen molar-refractivity contribution in [1.29, 1.82) is 0 Å². The van der Waals surface area contributed by atoms with Crippen LogP contribution in [0.15, 0.2) is 30.5 Å². The van der Waals surface area contributed by atoms with Gasteiger partial charge in [0, 0.05) is 23.5 Å². The number of H-pyrrole nitrogens is 1. The van der Waals surface area contributed by atoms with E-state index in [9.17, 15) is 29.1 Å². The summed E-state index contributed by atoms with van der Waals surface area (Å²) in [5.74, 6) is -4.18. The fourth-order valence-electron chi connectivity index (χ4n) is 3.46. The molecule has 1 aromatic heterocycles. The number of nitrogens with two attached hydrogens (primary N) is 1. The number of carboxylic acids is 2. The molecular weight excluding hydrogens is 490 g/mol. The van der Waals surface area contributed by atoms with Crippen molar-refractivity contribution < 1.29 is 34.2 Å². The van der Waals surface area contributed by atoms with E-state index in [1.165, 1.54) is 18.7 Å². The molecule has 0 aliphatic heterocycles. The van der Waals surface area contributed by atoms with Crippen molar-refractivity contribution in [2.24, 2.45) is 5.73 Å². The predicted octanol–water partition coefficient (Wildman–Crippen LogP) is -0.176. The summed E-state index contributed by atoms with van der Waals surface area (Å²) < 4.78 is 0. The molecule has 0 aliphatic rings. The molecule has 0 bridgehead atoms. The highest BCUT2D eigenvalue weighted by Gasteiger charge is 2.29. The molecule has 4 atom stereocenters. The molecule has 12 nitrogen and oxygen atoms in total. The molecule has 0 radical (unpaired) electrons. The zero-order valence-electron chi connectivity index (χ0n) is 19.9. The van der Waals surface area contributed by atoms with Gasteiger partial charge in [-0.25, -0.2) is 4.79 Å². The highest BCUT2D eigenvalue weighted by Crippen LogP contribution is 2.19. The lowest BCUT2D eigenvalue weighted by Gasteiger charge is -2.23. The zero-order valence-corrected chi connectivity index (χ0v) is 20.8. The lowest BCUT2D eigenvalue weighted by atomic mass is 10.0. The SMILES string of the molecule is CSCCC(NC(=O)C(C)NC(=O)C(Cc1c[nH]c2ccccc12)NC(=O)C(N)CC(=O)O)C(=O)O. The average molecular weight is 522 g/mol. The molecule has 196 valence electrons. The van der Waals surface area contributed by atoms with Crippen molar-refractivity contribution in [3.8, 4) is 0 Å². The molecule has 1 heterocycles. The van der Waals surface area contributed by atoms with Gasteiger partial charge in [-0.3, -0.25) is 19.2 Å². The van der Waals surface area contributed by atoms with Gasteiger partial charge in [-0.15, -0.1) is 0 Å². The number of amides is 3. The summed E-state index contributed by atoms with van der Waals surface area (Å²) in [6.45, 7) is 1.39. The molecule has 0 spiro atoms. The summed E-state index contributed by atoms with van der Waals surface area (Å²) in [6.07, 6.45) is 3.12. The van der Waals surface area contributed by atoms with E-state index in [0.29, 0.717) is 11.3 Å². The number of para-hydroxylation sites is 1. The van der Waals surface area contributed by atoms with Crippen molar-refractivity contribution in [3.63, 3.8) is 0 Å². The van der Waals surface area contributed by atoms with Gasteiger partial charge < -0.3 is 36.9 Å². The molecule has 3 amide bonds. The Kier molecular flexibility index (Phi) is 10.7. The number of rotatable bonds is 14. The van der Waals surface area contributed by atoms with Crippen LogP contribution in [0, 0.1) is 0 Å². The summed E-state index contributed by atoms with van der Waals surface area (Å²) in [7, 11) is 0. The van der Waals surface area contributed by atoms with Gasteiger partial charge in [-0.05, 0) is 37.0 Å². The zero-order chi connectivity index (χ0) is 26.8. The van der Waals surface area contributed by atoms with Crippen molar-refractivity contribution >= 4 is 52.3 Å². The Balaban J connectivity index is 2.17. The van der Waals surface area contributed by atoms with Crippen LogP contribution in [-0.2, 0) is 30.4 Å². The maximum Gasteiger partial charge on any atom is 0.326 e. The number of aliphatic carboxylic acids is 2. The van der Waals surface area contributed by atoms with Crippen LogP contribution in [0.5, 0.6) is 0 Å². The number of aromatic amines is 1. The van der Waals surface area contributed by atoms with Crippen molar-refractivity contribution in [3.05, 3.63) is 36.0 Å². The monoisotopic (exact) mass is 521 g/mol. The van der Waals surface area contributed by atoms with Crippen LogP contribution in [-0.4, -0.2) is 81.0 Å². The summed E-state index contributed by atoms with van der Waals surface area (Å²) >= 11 is 1.44. The first-order valence-electron chi connectivity index (χ1n) is 11.2. The molecule has 36 heavy (non-hydrogen) atoms. The highest BCUT2D eigenvalue weighted by atomic mass is 32.2. The summed E-state index contributed by atoms with van der Waals surface area (Å²) in [6, 6.07) is 2.56. The summed E-state index contributed by atoms with van der Waals surface area (Å²) in [5, 5.41) is 26.4. The molecule has 0 saturated carbocycles. The Morgan fingerprint density at radius 3 is 2.31 bits per heavy atom. The number of aromatic nitrogens is 1. The molecule has 2 rings (SSSR count). The van der Waals surface area contributed by atoms with Crippen molar-refractivity contribution in [1.82, 2.24) is 20.9 Å². The Hall–Kier alpha value is -3.58. The molecule has 0 saturated heterocycles. The molecule has 1 aromatic carbocycles. The van der Waals surface area contributed by atoms with Gasteiger partial charge in [0.25, 0.3) is 0 Å². The van der Waals surface area contributed by atoms with Crippen LogP contribution < -0.4 is 21.7 Å². The van der Waals surface area contributed by atoms with Gasteiger partial charge >= 0.3 is 11.9 Å². The van der Waals surface area contributed by atoms with E-state index in [2.05, 4.69) is 20.9 Å². The molecule has 4 unspecified atom stereocenters. The number of nitrogens with one attached hydrogen (secondary N) is 4. The standard InChI is InChI=1S/C23H31N5O7S/c1-12(20(31)27-17(23(34)35)7-8-36-2)26-22(33)18(28-21(32)15(24)10-19(29)30)9-13-11-25-16-6-4-3-5-14(13)16/h3-6,11-12,15,17-18,25H,7-10,24H2,1-2H3,(H,26,33)(H,27,31)(H,28,32)(H,29,30)(H,34,35). The van der Waals surface area contributed by atoms with Crippen LogP contribution in [0.4, 0.5) is 0 Å². The number of thioether (sulfide) groups is 1. The average Bonchev–Trinajstić information content (AvgIpc) is 3.23. The number of hydrogen-bond donors (Lipinski definition) is 7. The summed E-state index contributed by atoms with van der Waals surface area (Å²) in [5.41, 5.74) is 7.18. The second-order valence-electron chi connectivity index (χ2n) is 8.24. The van der Waals surface area contributed by atoms with Gasteiger partial charge in [0.05, 0.1) is 12.5 Å². The fourth-order valence-corrected chi connectivity index (χ4v) is 3.93. The van der Waals surface area contributed by atoms with Crippen molar-refractivity contribution in [2.45, 2.75) is 50.4 Å². The number of carboxylic acid groups (broad SMARTS) is 2. The van der Waals surface area contributed by atoms with Crippen LogP contribution in [0.2, 0.25) is 0 Å². The van der Waals surface area contributed by atoms with Gasteiger partial charge in [0.1, 0.15) is 18.1 Å². The molecule has 8 N–H and O–H groups in total. The van der Waals surface area contributed by atoms with E-state index in [1.54, 1.807) is 6.20 Å². The number of fused-ring (bicyclic) bond motifs is 1. The lowest BCUT2D eigenvalue weighted by molar-refractivity contribution is -0.142. The van der Waals surface area contributed by atoms with E-state index in [0.717, 1.165) is 10.9 Å². The number of carbonyl (C=O) groups excluding carboxylic acids is 3. The van der Waals surface area contributed by atoms with E-state index >= 15 is 0 Å². The quantitative estimate of drug-likeness (QED) is 0.176. The van der Waals surface area contributed by atoms with E-state index < -0.39 is 60.2 Å². The van der Waals surface area contributed by atoms with Gasteiger partial charge in [0.15, 0.2) is 0 Å². The first-order valence-corrected chi connectivity index (χ1v) is 12.6. The minimum atomic E-state index is -1.38. The number of carbonyl (C=O) groups is 5. The Bertz CT molecular complexity index is 1110. The third-order valence-corrected chi connectivity index (χ3v) is 6.08. The van der Waals surface area contributed by atoms with Crippen molar-refractivity contribution in [2.75, 3.05) is 12.0 Å². The Morgan fingerprint density at radius 1 is 1.00 bits per heavy atom. The van der Waals surface area contributed by atoms with Gasteiger partial charge in [-0.2, -0.15) is 11.8 Å². The first kappa shape index (κ1) is 28.7. The normalized spacial score (nSPS) is 14.3. The predicted molar refractivity (Wildman–Crippen MR) is 134 cm³/mol. The van der Waals surface area contributed by atoms with Crippen LogP contribution >= 0.6 is 11.8 Å². The van der Waals surface area contributed by atoms with Gasteiger partial charge in [-0.1, -0.05) is 18.2 Å². The van der Waals surface area contributed by atoms with E-state index in [1.807, 2.05) is 30.5 Å². The smallest absolute Gasteiger partial charge is 0.326 e. The highest BCUT2D eigenvalue weighted by molar-refractivity contribution is 7.98. The molecule has 0 fully saturated rings. The number of hydrogen-bond acceptors (Lipinski definition) is 7. The fraction of sp³-hybridized carbons (Fsp3) is 0.435. The Morgan fingerprint density at radius 2 is 1.67 bits per heavy atom. The second-order valence-corrected chi connectivity index (χ2v) is 9.23. The second kappa shape index (κ2) is 13.5. The molecule has 13 heteroatoms. The lowest BCUT2D eigenvalue weighted by Crippen LogP contribution is -2.57. The maximum absolute atomic E-state index is 13.1. The minimum Gasteiger partial charge on any atom is -0.481 e. The van der Waals surface area contributed by atoms with Crippen LogP contribution in [0.25, 0.3) is 10.9 Å².